The van der Waals surface area contributed by atoms with Gasteiger partial charge < -0.3 is 4.90 Å². The molecule has 5 rings (SSSR count). The van der Waals surface area contributed by atoms with Crippen LogP contribution in [0.2, 0.25) is 0 Å². The second-order valence-corrected chi connectivity index (χ2v) is 10.5. The molecule has 0 radical (unpaired) electrons. The highest BCUT2D eigenvalue weighted by atomic mass is 16.5. The van der Waals surface area contributed by atoms with Crippen molar-refractivity contribution in [3.63, 3.8) is 0 Å². The molecule has 0 unspecified atom stereocenters. The van der Waals surface area contributed by atoms with Crippen molar-refractivity contribution in [3.8, 4) is 22.5 Å². The summed E-state index contributed by atoms with van der Waals surface area (Å²) in [6.45, 7) is 9.67. The zero-order chi connectivity index (χ0) is 27.4. The first-order valence-electron chi connectivity index (χ1n) is 13.8. The van der Waals surface area contributed by atoms with Crippen molar-refractivity contribution in [1.82, 2.24) is 10.1 Å². The molecule has 0 fully saturated rings. The summed E-state index contributed by atoms with van der Waals surface area (Å²) in [5, 5.41) is 3.89. The van der Waals surface area contributed by atoms with Crippen LogP contribution in [-0.4, -0.2) is 22.5 Å². The Morgan fingerprint density at radius 3 is 2.46 bits per heavy atom. The number of nitrogens with one attached hydrogen (secondary N) is 1. The molecule has 0 bridgehead atoms. The Labute approximate surface area is 230 Å². The van der Waals surface area contributed by atoms with Gasteiger partial charge in [0, 0.05) is 23.5 Å². The van der Waals surface area contributed by atoms with Gasteiger partial charge in [0.15, 0.2) is 5.82 Å². The fourth-order valence-electron chi connectivity index (χ4n) is 5.13. The Hall–Kier alpha value is -4.19. The number of aliphatic imine (C=N–C) groups is 1. The number of nitrogens with zero attached hydrogens (tertiary/aromatic N) is 3. The van der Waals surface area contributed by atoms with Crippen LogP contribution in [0.1, 0.15) is 64.0 Å². The zero-order valence-corrected chi connectivity index (χ0v) is 23.2. The number of hydrogen-bond acceptors (Lipinski definition) is 5. The number of unbranched alkanes of at least 4 members (excludes halogenated alkanes) is 1. The highest BCUT2D eigenvalue weighted by Crippen LogP contribution is 2.32. The molecule has 1 aliphatic rings. The van der Waals surface area contributed by atoms with Gasteiger partial charge in [0.2, 0.25) is 0 Å². The van der Waals surface area contributed by atoms with Gasteiger partial charge in [-0.15, -0.1) is 0 Å². The molecule has 0 saturated heterocycles. The minimum absolute atomic E-state index is 0.433. The van der Waals surface area contributed by atoms with Crippen molar-refractivity contribution in [1.29, 1.82) is 0 Å². The molecule has 1 aliphatic heterocycles. The molecular weight excluding hydrogens is 484 g/mol. The Bertz CT molecular complexity index is 1560. The molecule has 0 amide bonds. The second kappa shape index (κ2) is 11.7. The summed E-state index contributed by atoms with van der Waals surface area (Å²) < 4.78 is 4.74. The van der Waals surface area contributed by atoms with E-state index in [1.165, 1.54) is 28.1 Å². The molecule has 6 nitrogen and oxygen atoms in total. The van der Waals surface area contributed by atoms with E-state index in [1.54, 1.807) is 0 Å². The summed E-state index contributed by atoms with van der Waals surface area (Å²) >= 11 is 0. The Kier molecular flexibility index (Phi) is 7.92. The Balaban J connectivity index is 1.42. The van der Waals surface area contributed by atoms with E-state index < -0.39 is 5.76 Å². The monoisotopic (exact) mass is 520 g/mol. The van der Waals surface area contributed by atoms with E-state index in [-0.39, 0.29) is 0 Å². The SMILES string of the molecule is CCCCC1=C(Cc2ccc(-c3ccccc3-c3noc(=O)[nH]3)cc2)CN(c2cccc(C(C)C)c2)C(C)=N1. The quantitative estimate of drug-likeness (QED) is 0.245. The summed E-state index contributed by atoms with van der Waals surface area (Å²) in [6.07, 6.45) is 4.15. The van der Waals surface area contributed by atoms with Crippen molar-refractivity contribution in [2.24, 2.45) is 4.99 Å². The van der Waals surface area contributed by atoms with Crippen LogP contribution in [0.3, 0.4) is 0 Å². The summed E-state index contributed by atoms with van der Waals surface area (Å²) in [5.41, 5.74) is 9.28. The second-order valence-electron chi connectivity index (χ2n) is 10.5. The molecule has 1 aromatic heterocycles. The minimum Gasteiger partial charge on any atom is -0.326 e. The van der Waals surface area contributed by atoms with Crippen LogP contribution in [0.25, 0.3) is 22.5 Å². The van der Waals surface area contributed by atoms with Crippen molar-refractivity contribution in [3.05, 3.63) is 106 Å². The van der Waals surface area contributed by atoms with E-state index >= 15 is 0 Å². The van der Waals surface area contributed by atoms with Crippen molar-refractivity contribution >= 4 is 11.5 Å². The first-order valence-corrected chi connectivity index (χ1v) is 13.8. The number of aromatic nitrogens is 2. The molecule has 0 aliphatic carbocycles. The number of anilines is 1. The van der Waals surface area contributed by atoms with Crippen molar-refractivity contribution < 1.29 is 4.52 Å². The molecule has 4 aromatic rings. The van der Waals surface area contributed by atoms with Crippen LogP contribution >= 0.6 is 0 Å². The predicted octanol–water partition coefficient (Wildman–Crippen LogP) is 7.75. The number of H-pyrrole nitrogens is 1. The van der Waals surface area contributed by atoms with E-state index in [0.29, 0.717) is 11.7 Å². The lowest BCUT2D eigenvalue weighted by molar-refractivity contribution is 0.388. The van der Waals surface area contributed by atoms with E-state index in [2.05, 4.69) is 91.3 Å². The molecule has 2 heterocycles. The van der Waals surface area contributed by atoms with Gasteiger partial charge in [-0.05, 0) is 72.1 Å². The summed E-state index contributed by atoms with van der Waals surface area (Å²) in [7, 11) is 0. The molecule has 0 atom stereocenters. The van der Waals surface area contributed by atoms with Crippen LogP contribution in [0.5, 0.6) is 0 Å². The third-order valence-corrected chi connectivity index (χ3v) is 7.37. The summed E-state index contributed by atoms with van der Waals surface area (Å²) in [4.78, 5) is 21.6. The lowest BCUT2D eigenvalue weighted by Gasteiger charge is -2.31. The highest BCUT2D eigenvalue weighted by Gasteiger charge is 2.21. The molecule has 0 spiro atoms. The maximum atomic E-state index is 11.5. The van der Waals surface area contributed by atoms with Gasteiger partial charge in [-0.25, -0.2) is 9.79 Å². The number of rotatable bonds is 9. The maximum Gasteiger partial charge on any atom is 0.439 e. The predicted molar refractivity (Wildman–Crippen MR) is 159 cm³/mol. The summed E-state index contributed by atoms with van der Waals surface area (Å²) in [5.74, 6) is 1.42. The fraction of sp³-hybridized carbons (Fsp3) is 0.303. The third-order valence-electron chi connectivity index (χ3n) is 7.37. The lowest BCUT2D eigenvalue weighted by atomic mass is 9.95. The molecule has 0 saturated carbocycles. The zero-order valence-electron chi connectivity index (χ0n) is 23.2. The molecular formula is C33H36N4O2. The Morgan fingerprint density at radius 1 is 1.00 bits per heavy atom. The molecule has 1 N–H and O–H groups in total. The third kappa shape index (κ3) is 5.95. The van der Waals surface area contributed by atoms with Crippen LogP contribution in [0.15, 0.2) is 98.4 Å². The van der Waals surface area contributed by atoms with Gasteiger partial charge in [-0.2, -0.15) is 0 Å². The first-order chi connectivity index (χ1) is 18.9. The average molecular weight is 521 g/mol. The van der Waals surface area contributed by atoms with E-state index in [0.717, 1.165) is 54.8 Å². The molecule has 3 aromatic carbocycles. The van der Waals surface area contributed by atoms with Gasteiger partial charge in [0.1, 0.15) is 5.84 Å². The molecule has 6 heteroatoms. The van der Waals surface area contributed by atoms with Crippen LogP contribution in [0, 0.1) is 0 Å². The van der Waals surface area contributed by atoms with Gasteiger partial charge in [0.25, 0.3) is 0 Å². The maximum absolute atomic E-state index is 11.5. The Morgan fingerprint density at radius 2 is 1.77 bits per heavy atom. The lowest BCUT2D eigenvalue weighted by Crippen LogP contribution is -2.34. The van der Waals surface area contributed by atoms with E-state index in [1.807, 2.05) is 24.3 Å². The summed E-state index contributed by atoms with van der Waals surface area (Å²) in [6, 6.07) is 25.4. The number of hydrogen-bond donors (Lipinski definition) is 1. The van der Waals surface area contributed by atoms with Crippen molar-refractivity contribution in [2.45, 2.75) is 59.3 Å². The van der Waals surface area contributed by atoms with Gasteiger partial charge in [-0.1, -0.05) is 93.0 Å². The van der Waals surface area contributed by atoms with Crippen molar-refractivity contribution in [2.75, 3.05) is 11.4 Å². The van der Waals surface area contributed by atoms with E-state index in [9.17, 15) is 4.79 Å². The smallest absolute Gasteiger partial charge is 0.326 e. The average Bonchev–Trinajstić information content (AvgIpc) is 3.39. The normalized spacial score (nSPS) is 13.8. The molecule has 200 valence electrons. The minimum atomic E-state index is -0.558. The van der Waals surface area contributed by atoms with Gasteiger partial charge in [-0.3, -0.25) is 9.51 Å². The van der Waals surface area contributed by atoms with Gasteiger partial charge >= 0.3 is 5.76 Å². The van der Waals surface area contributed by atoms with Crippen LogP contribution in [-0.2, 0) is 6.42 Å². The number of aromatic amines is 1. The highest BCUT2D eigenvalue weighted by molar-refractivity contribution is 5.98. The van der Waals surface area contributed by atoms with Crippen LogP contribution in [0.4, 0.5) is 5.69 Å². The standard InChI is InChI=1S/C33H36N4O2/c1-5-6-14-31-27(21-37(23(4)34-31)28-11-9-10-26(20-28)22(2)3)19-24-15-17-25(18-16-24)29-12-7-8-13-30(29)32-35-33(38)39-36-32/h7-13,15-18,20,22H,5-6,14,19,21H2,1-4H3,(H,35,36,38). The number of allylic oxidation sites excluding steroid dienone is 1. The molecule has 39 heavy (non-hydrogen) atoms. The van der Waals surface area contributed by atoms with E-state index in [4.69, 9.17) is 9.52 Å². The largest absolute Gasteiger partial charge is 0.439 e. The number of benzene rings is 3. The fourth-order valence-corrected chi connectivity index (χ4v) is 5.13. The first kappa shape index (κ1) is 26.4. The topological polar surface area (TPSA) is 74.5 Å². The van der Waals surface area contributed by atoms with Gasteiger partial charge in [0.05, 0.1) is 0 Å². The number of amidine groups is 1. The van der Waals surface area contributed by atoms with Crippen LogP contribution < -0.4 is 10.7 Å².